The number of hydrogen-bond acceptors (Lipinski definition) is 4. The molecule has 6 heteroatoms. The van der Waals surface area contributed by atoms with E-state index in [0.717, 1.165) is 57.1 Å². The van der Waals surface area contributed by atoms with Crippen LogP contribution in [0.25, 0.3) is 0 Å². The predicted molar refractivity (Wildman–Crippen MR) is 129 cm³/mol. The van der Waals surface area contributed by atoms with E-state index in [1.807, 2.05) is 13.8 Å². The van der Waals surface area contributed by atoms with Crippen LogP contribution in [-0.2, 0) is 14.4 Å². The van der Waals surface area contributed by atoms with Gasteiger partial charge in [0.15, 0.2) is 0 Å². The van der Waals surface area contributed by atoms with Crippen LogP contribution in [0.15, 0.2) is 17.3 Å². The average Bonchev–Trinajstić information content (AvgIpc) is 3.11. The molecule has 0 spiro atoms. The number of rotatable bonds is 18. The SMILES string of the molecule is CCCCCCC=C[C@H]1CCC(=NOC(CC(C)C)C(=O)O)[C@@H]1CCCCCCC(=O)O. The minimum absolute atomic E-state index is 0.227. The lowest BCUT2D eigenvalue weighted by molar-refractivity contribution is -0.151. The molecule has 1 fully saturated rings. The fourth-order valence-corrected chi connectivity index (χ4v) is 4.38. The Kier molecular flexibility index (Phi) is 14.7. The van der Waals surface area contributed by atoms with E-state index in [1.54, 1.807) is 0 Å². The molecule has 2 N–H and O–H groups in total. The highest BCUT2D eigenvalue weighted by Gasteiger charge is 2.32. The van der Waals surface area contributed by atoms with E-state index in [4.69, 9.17) is 9.94 Å². The van der Waals surface area contributed by atoms with E-state index in [9.17, 15) is 14.7 Å². The molecule has 0 bridgehead atoms. The Morgan fingerprint density at radius 3 is 2.47 bits per heavy atom. The molecule has 184 valence electrons. The number of carboxylic acid groups (broad SMARTS) is 2. The molecule has 1 aliphatic rings. The lowest BCUT2D eigenvalue weighted by Crippen LogP contribution is -2.25. The first kappa shape index (κ1) is 28.2. The Morgan fingerprint density at radius 2 is 1.81 bits per heavy atom. The number of oxime groups is 1. The maximum Gasteiger partial charge on any atom is 0.347 e. The molecule has 0 aromatic heterocycles. The van der Waals surface area contributed by atoms with Crippen molar-refractivity contribution >= 4 is 17.7 Å². The largest absolute Gasteiger partial charge is 0.481 e. The molecule has 0 amide bonds. The predicted octanol–water partition coefficient (Wildman–Crippen LogP) is 6.84. The normalized spacial score (nSPS) is 20.9. The van der Waals surface area contributed by atoms with Gasteiger partial charge in [0.1, 0.15) is 0 Å². The van der Waals surface area contributed by atoms with Crippen molar-refractivity contribution < 1.29 is 24.6 Å². The van der Waals surface area contributed by atoms with Gasteiger partial charge in [-0.05, 0) is 50.4 Å². The zero-order valence-electron chi connectivity index (χ0n) is 20.4. The Bertz CT molecular complexity index is 599. The zero-order chi connectivity index (χ0) is 23.8. The topological polar surface area (TPSA) is 96.2 Å². The van der Waals surface area contributed by atoms with Crippen molar-refractivity contribution in [3.05, 3.63) is 12.2 Å². The van der Waals surface area contributed by atoms with Crippen molar-refractivity contribution in [2.45, 2.75) is 117 Å². The van der Waals surface area contributed by atoms with Gasteiger partial charge in [-0.15, -0.1) is 0 Å². The minimum Gasteiger partial charge on any atom is -0.481 e. The lowest BCUT2D eigenvalue weighted by atomic mass is 9.89. The summed E-state index contributed by atoms with van der Waals surface area (Å²) >= 11 is 0. The van der Waals surface area contributed by atoms with E-state index in [0.29, 0.717) is 12.3 Å². The third kappa shape index (κ3) is 12.3. The highest BCUT2D eigenvalue weighted by Crippen LogP contribution is 2.35. The second-order valence-corrected chi connectivity index (χ2v) is 9.58. The highest BCUT2D eigenvalue weighted by molar-refractivity contribution is 5.89. The second-order valence-electron chi connectivity index (χ2n) is 9.58. The van der Waals surface area contributed by atoms with Gasteiger partial charge in [0, 0.05) is 18.8 Å². The number of carbonyl (C=O) groups is 2. The fraction of sp³-hybridized carbons (Fsp3) is 0.808. The summed E-state index contributed by atoms with van der Waals surface area (Å²) in [7, 11) is 0. The van der Waals surface area contributed by atoms with Crippen molar-refractivity contribution in [1.82, 2.24) is 0 Å². The summed E-state index contributed by atoms with van der Waals surface area (Å²) in [6, 6.07) is 0. The molecule has 1 saturated carbocycles. The van der Waals surface area contributed by atoms with Gasteiger partial charge < -0.3 is 15.1 Å². The molecule has 1 aliphatic carbocycles. The van der Waals surface area contributed by atoms with E-state index in [-0.39, 0.29) is 18.3 Å². The van der Waals surface area contributed by atoms with Crippen molar-refractivity contribution in [1.29, 1.82) is 0 Å². The standard InChI is InChI=1S/C26H45NO5/c1-4-5-6-7-8-11-14-21-17-18-23(27-32-24(26(30)31)19-20(2)3)22(21)15-12-9-10-13-16-25(28)29/h11,14,20-22,24H,4-10,12-13,15-19H2,1-3H3,(H,28,29)(H,30,31)/t21-,22+,24?/m0/s1. The molecule has 0 aromatic carbocycles. The van der Waals surface area contributed by atoms with Gasteiger partial charge in [-0.3, -0.25) is 4.79 Å². The monoisotopic (exact) mass is 451 g/mol. The molecule has 32 heavy (non-hydrogen) atoms. The zero-order valence-corrected chi connectivity index (χ0v) is 20.4. The summed E-state index contributed by atoms with van der Waals surface area (Å²) in [5, 5.41) is 22.6. The molecule has 0 saturated heterocycles. The third-order valence-electron chi connectivity index (χ3n) is 6.20. The maximum atomic E-state index is 11.5. The summed E-state index contributed by atoms with van der Waals surface area (Å²) in [6.07, 6.45) is 17.1. The molecular weight excluding hydrogens is 406 g/mol. The number of nitrogens with zero attached hydrogens (tertiary/aromatic N) is 1. The summed E-state index contributed by atoms with van der Waals surface area (Å²) in [5.74, 6) is -0.749. The molecule has 0 heterocycles. The molecule has 1 unspecified atom stereocenters. The number of unbranched alkanes of at least 4 members (excludes halogenated alkanes) is 7. The summed E-state index contributed by atoms with van der Waals surface area (Å²) in [5.41, 5.74) is 0.992. The summed E-state index contributed by atoms with van der Waals surface area (Å²) in [4.78, 5) is 27.7. The van der Waals surface area contributed by atoms with E-state index < -0.39 is 18.0 Å². The second kappa shape index (κ2) is 16.7. The van der Waals surface area contributed by atoms with Crippen molar-refractivity contribution in [2.24, 2.45) is 22.9 Å². The summed E-state index contributed by atoms with van der Waals surface area (Å²) in [6.45, 7) is 6.19. The third-order valence-corrected chi connectivity index (χ3v) is 6.20. The molecule has 6 nitrogen and oxygen atoms in total. The number of hydrogen-bond donors (Lipinski definition) is 2. The van der Waals surface area contributed by atoms with Gasteiger partial charge >= 0.3 is 11.9 Å². The van der Waals surface area contributed by atoms with Gasteiger partial charge in [-0.25, -0.2) is 4.79 Å². The smallest absolute Gasteiger partial charge is 0.347 e. The first-order chi connectivity index (χ1) is 15.3. The Hall–Kier alpha value is -1.85. The van der Waals surface area contributed by atoms with Crippen molar-refractivity contribution in [3.8, 4) is 0 Å². The number of aliphatic carboxylic acids is 2. The maximum absolute atomic E-state index is 11.5. The Morgan fingerprint density at radius 1 is 1.09 bits per heavy atom. The van der Waals surface area contributed by atoms with Crippen LogP contribution in [0.5, 0.6) is 0 Å². The first-order valence-electron chi connectivity index (χ1n) is 12.7. The molecule has 0 aliphatic heterocycles. The van der Waals surface area contributed by atoms with Crippen LogP contribution >= 0.6 is 0 Å². The van der Waals surface area contributed by atoms with Crippen molar-refractivity contribution in [2.75, 3.05) is 0 Å². The van der Waals surface area contributed by atoms with Crippen LogP contribution in [0.3, 0.4) is 0 Å². The number of allylic oxidation sites excluding steroid dienone is 2. The first-order valence-corrected chi connectivity index (χ1v) is 12.7. The van der Waals surface area contributed by atoms with Gasteiger partial charge in [0.2, 0.25) is 6.10 Å². The van der Waals surface area contributed by atoms with Crippen LogP contribution in [0.2, 0.25) is 0 Å². The van der Waals surface area contributed by atoms with Crippen LogP contribution in [-0.4, -0.2) is 34.0 Å². The van der Waals surface area contributed by atoms with Gasteiger partial charge in [-0.1, -0.05) is 76.6 Å². The van der Waals surface area contributed by atoms with Crippen LogP contribution in [0, 0.1) is 17.8 Å². The quantitative estimate of drug-likeness (QED) is 0.135. The Labute approximate surface area is 194 Å². The summed E-state index contributed by atoms with van der Waals surface area (Å²) < 4.78 is 0. The highest BCUT2D eigenvalue weighted by atomic mass is 16.6. The van der Waals surface area contributed by atoms with E-state index in [2.05, 4.69) is 24.2 Å². The van der Waals surface area contributed by atoms with Crippen LogP contribution in [0.1, 0.15) is 111 Å². The van der Waals surface area contributed by atoms with Gasteiger partial charge in [0.05, 0.1) is 5.71 Å². The van der Waals surface area contributed by atoms with E-state index in [1.165, 1.54) is 25.7 Å². The van der Waals surface area contributed by atoms with Crippen LogP contribution < -0.4 is 0 Å². The molecule has 1 rings (SSSR count). The minimum atomic E-state index is -0.959. The van der Waals surface area contributed by atoms with Crippen LogP contribution in [0.4, 0.5) is 0 Å². The van der Waals surface area contributed by atoms with Gasteiger partial charge in [-0.2, -0.15) is 0 Å². The fourth-order valence-electron chi connectivity index (χ4n) is 4.38. The number of carboxylic acids is 2. The van der Waals surface area contributed by atoms with Gasteiger partial charge in [0.25, 0.3) is 0 Å². The molecule has 3 atom stereocenters. The van der Waals surface area contributed by atoms with Crippen molar-refractivity contribution in [3.63, 3.8) is 0 Å². The average molecular weight is 452 g/mol. The molecule has 0 aromatic rings. The molecular formula is C26H45NO5. The van der Waals surface area contributed by atoms with E-state index >= 15 is 0 Å². The molecule has 0 radical (unpaired) electrons. The lowest BCUT2D eigenvalue weighted by Gasteiger charge is -2.18. The Balaban J connectivity index is 2.68.